The molecule has 0 aromatic carbocycles. The highest BCUT2D eigenvalue weighted by molar-refractivity contribution is 5.69. The van der Waals surface area contributed by atoms with E-state index in [0.717, 1.165) is 19.3 Å². The van der Waals surface area contributed by atoms with Crippen LogP contribution in [0, 0.1) is 5.92 Å². The monoisotopic (exact) mass is 394 g/mol. The molecule has 0 saturated carbocycles. The molecule has 0 aliphatic heterocycles. The lowest BCUT2D eigenvalue weighted by Crippen LogP contribution is -2.13. The molecule has 0 aromatic rings. The summed E-state index contributed by atoms with van der Waals surface area (Å²) < 4.78 is 5.46. The van der Waals surface area contributed by atoms with Gasteiger partial charge in [0.2, 0.25) is 0 Å². The zero-order valence-electron chi connectivity index (χ0n) is 19.5. The van der Waals surface area contributed by atoms with Crippen molar-refractivity contribution in [3.63, 3.8) is 0 Å². The minimum atomic E-state index is 0.00701. The molecular weight excluding hydrogens is 344 g/mol. The van der Waals surface area contributed by atoms with Crippen molar-refractivity contribution in [1.82, 2.24) is 0 Å². The summed E-state index contributed by atoms with van der Waals surface area (Å²) in [6.45, 7) is 7.30. The van der Waals surface area contributed by atoms with Crippen LogP contribution in [0.3, 0.4) is 0 Å². The first-order chi connectivity index (χ1) is 13.7. The summed E-state index contributed by atoms with van der Waals surface area (Å²) >= 11 is 0. The highest BCUT2D eigenvalue weighted by Crippen LogP contribution is 2.14. The molecule has 0 rings (SSSR count). The number of esters is 1. The number of hydrogen-bond acceptors (Lipinski definition) is 2. The predicted octanol–water partition coefficient (Wildman–Crippen LogP) is 8.78. The van der Waals surface area contributed by atoms with Gasteiger partial charge in [0, 0.05) is 6.42 Å². The number of unbranched alkanes of at least 4 members (excludes halogenated alkanes) is 12. The highest BCUT2D eigenvalue weighted by Gasteiger charge is 2.09. The van der Waals surface area contributed by atoms with E-state index in [1.807, 2.05) is 0 Å². The van der Waals surface area contributed by atoms with Gasteiger partial charge in [0.05, 0.1) is 6.61 Å². The van der Waals surface area contributed by atoms with Crippen LogP contribution in [0.2, 0.25) is 0 Å². The second-order valence-corrected chi connectivity index (χ2v) is 8.43. The molecule has 0 amide bonds. The molecule has 1 unspecified atom stereocenters. The quantitative estimate of drug-likeness (QED) is 0.110. The van der Waals surface area contributed by atoms with Crippen molar-refractivity contribution in [2.24, 2.45) is 5.92 Å². The largest absolute Gasteiger partial charge is 0.465 e. The van der Waals surface area contributed by atoms with Gasteiger partial charge in [0.25, 0.3) is 0 Å². The maximum Gasteiger partial charge on any atom is 0.305 e. The molecule has 1 atom stereocenters. The molecule has 0 aliphatic carbocycles. The van der Waals surface area contributed by atoms with Crippen molar-refractivity contribution in [1.29, 1.82) is 0 Å². The van der Waals surface area contributed by atoms with Crippen molar-refractivity contribution in [3.05, 3.63) is 12.2 Å². The van der Waals surface area contributed by atoms with E-state index >= 15 is 0 Å². The fourth-order valence-corrected chi connectivity index (χ4v) is 3.52. The summed E-state index contributed by atoms with van der Waals surface area (Å²) in [5.41, 5.74) is 0. The smallest absolute Gasteiger partial charge is 0.305 e. The van der Waals surface area contributed by atoms with Crippen molar-refractivity contribution >= 4 is 5.97 Å². The minimum Gasteiger partial charge on any atom is -0.465 e. The maximum absolute atomic E-state index is 11.8. The molecule has 0 radical (unpaired) electrons. The second kappa shape index (κ2) is 22.5. The van der Waals surface area contributed by atoms with Crippen molar-refractivity contribution in [3.8, 4) is 0 Å². The third-order valence-electron chi connectivity index (χ3n) is 5.67. The van der Waals surface area contributed by atoms with Crippen LogP contribution in [-0.2, 0) is 9.53 Å². The van der Waals surface area contributed by atoms with Crippen LogP contribution in [0.25, 0.3) is 0 Å². The zero-order valence-corrected chi connectivity index (χ0v) is 19.5. The Hall–Kier alpha value is -0.790. The van der Waals surface area contributed by atoms with Crippen LogP contribution >= 0.6 is 0 Å². The van der Waals surface area contributed by atoms with Crippen molar-refractivity contribution < 1.29 is 9.53 Å². The molecule has 166 valence electrons. The molecule has 2 heteroatoms. The number of hydrogen-bond donors (Lipinski definition) is 0. The first kappa shape index (κ1) is 27.2. The summed E-state index contributed by atoms with van der Waals surface area (Å²) in [6.07, 6.45) is 26.8. The van der Waals surface area contributed by atoms with E-state index in [-0.39, 0.29) is 5.97 Å². The van der Waals surface area contributed by atoms with Gasteiger partial charge in [-0.15, -0.1) is 0 Å². The normalized spacial score (nSPS) is 12.5. The number of ether oxygens (including phenoxy) is 1. The molecule has 0 aliphatic rings. The van der Waals surface area contributed by atoms with Crippen LogP contribution in [0.4, 0.5) is 0 Å². The van der Waals surface area contributed by atoms with Gasteiger partial charge in [-0.2, -0.15) is 0 Å². The van der Waals surface area contributed by atoms with Crippen LogP contribution in [-0.4, -0.2) is 12.6 Å². The summed E-state index contributed by atoms with van der Waals surface area (Å²) in [4.78, 5) is 11.8. The Labute approximate surface area is 176 Å². The van der Waals surface area contributed by atoms with Gasteiger partial charge in [-0.3, -0.25) is 4.79 Å². The molecule has 2 nitrogen and oxygen atoms in total. The first-order valence-electron chi connectivity index (χ1n) is 12.5. The van der Waals surface area contributed by atoms with E-state index in [4.69, 9.17) is 4.74 Å². The molecule has 0 saturated heterocycles. The van der Waals surface area contributed by atoms with Gasteiger partial charge in [-0.1, -0.05) is 104 Å². The molecular formula is C26H50O2. The lowest BCUT2D eigenvalue weighted by molar-refractivity contribution is -0.145. The lowest BCUT2D eigenvalue weighted by atomic mass is 10.0. The standard InChI is InChI=1S/C26H50O2/c1-4-7-9-10-11-12-13-14-15-16-17-18-19-20-21-23-26(27)28-24-25(6-3)22-8-5-2/h14-15,25H,4-13,16-24H2,1-3H3. The molecule has 0 N–H and O–H groups in total. The van der Waals surface area contributed by atoms with E-state index in [0.29, 0.717) is 18.9 Å². The number of carbonyl (C=O) groups is 1. The zero-order chi connectivity index (χ0) is 20.7. The Balaban J connectivity index is 3.35. The second-order valence-electron chi connectivity index (χ2n) is 8.43. The van der Waals surface area contributed by atoms with Crippen LogP contribution < -0.4 is 0 Å². The van der Waals surface area contributed by atoms with Crippen LogP contribution in [0.15, 0.2) is 12.2 Å². The molecule has 28 heavy (non-hydrogen) atoms. The Kier molecular flexibility index (Phi) is 21.9. The number of rotatable bonds is 21. The van der Waals surface area contributed by atoms with E-state index in [2.05, 4.69) is 32.9 Å². The summed E-state index contributed by atoms with van der Waals surface area (Å²) in [5, 5.41) is 0. The average Bonchev–Trinajstić information content (AvgIpc) is 2.71. The van der Waals surface area contributed by atoms with Crippen LogP contribution in [0.5, 0.6) is 0 Å². The Morgan fingerprint density at radius 1 is 0.714 bits per heavy atom. The van der Waals surface area contributed by atoms with Gasteiger partial charge in [0.1, 0.15) is 0 Å². The molecule has 0 fully saturated rings. The Bertz CT molecular complexity index is 348. The fraction of sp³-hybridized carbons (Fsp3) is 0.885. The van der Waals surface area contributed by atoms with E-state index in [9.17, 15) is 4.79 Å². The summed E-state index contributed by atoms with van der Waals surface area (Å²) in [6, 6.07) is 0. The third kappa shape index (κ3) is 20.0. The predicted molar refractivity (Wildman–Crippen MR) is 124 cm³/mol. The molecule has 0 spiro atoms. The van der Waals surface area contributed by atoms with Crippen molar-refractivity contribution in [2.75, 3.05) is 6.61 Å². The summed E-state index contributed by atoms with van der Waals surface area (Å²) in [7, 11) is 0. The molecule has 0 aromatic heterocycles. The molecule has 0 heterocycles. The maximum atomic E-state index is 11.8. The van der Waals surface area contributed by atoms with Gasteiger partial charge < -0.3 is 4.74 Å². The van der Waals surface area contributed by atoms with Crippen LogP contribution in [0.1, 0.15) is 136 Å². The Morgan fingerprint density at radius 3 is 1.82 bits per heavy atom. The topological polar surface area (TPSA) is 26.3 Å². The van der Waals surface area contributed by atoms with Gasteiger partial charge >= 0.3 is 5.97 Å². The average molecular weight is 395 g/mol. The van der Waals surface area contributed by atoms with E-state index < -0.39 is 0 Å². The highest BCUT2D eigenvalue weighted by atomic mass is 16.5. The van der Waals surface area contributed by atoms with Gasteiger partial charge in [-0.05, 0) is 44.4 Å². The number of carbonyl (C=O) groups excluding carboxylic acids is 1. The minimum absolute atomic E-state index is 0.00701. The van der Waals surface area contributed by atoms with Gasteiger partial charge in [0.15, 0.2) is 0 Å². The van der Waals surface area contributed by atoms with E-state index in [1.54, 1.807) is 0 Å². The van der Waals surface area contributed by atoms with E-state index in [1.165, 1.54) is 89.9 Å². The molecule has 0 bridgehead atoms. The fourth-order valence-electron chi connectivity index (χ4n) is 3.52. The number of allylic oxidation sites excluding steroid dienone is 2. The Morgan fingerprint density at radius 2 is 1.25 bits per heavy atom. The summed E-state index contributed by atoms with van der Waals surface area (Å²) in [5.74, 6) is 0.561. The first-order valence-corrected chi connectivity index (χ1v) is 12.5. The van der Waals surface area contributed by atoms with Crippen molar-refractivity contribution in [2.45, 2.75) is 136 Å². The third-order valence-corrected chi connectivity index (χ3v) is 5.67. The van der Waals surface area contributed by atoms with Gasteiger partial charge in [-0.25, -0.2) is 0 Å². The SMILES string of the molecule is CCCCCCCCC=CCCCCCCCC(=O)OCC(CC)CCCC. The lowest BCUT2D eigenvalue weighted by Gasteiger charge is -2.14.